The number of hydrogen-bond acceptors (Lipinski definition) is 0. The predicted octanol–water partition coefficient (Wildman–Crippen LogP) is 9.55. The van der Waals surface area contributed by atoms with E-state index in [4.69, 9.17) is 12.3 Å². The third-order valence-corrected chi connectivity index (χ3v) is 7.12. The molecular formula is C36H24N2. The molecule has 8 rings (SSSR count). The molecule has 6 aromatic carbocycles. The van der Waals surface area contributed by atoms with Crippen molar-refractivity contribution in [3.8, 4) is 22.5 Å². The summed E-state index contributed by atoms with van der Waals surface area (Å²) in [7, 11) is 0. The summed E-state index contributed by atoms with van der Waals surface area (Å²) in [4.78, 5) is 0. The normalized spacial score (nSPS) is 15.0. The standard InChI is InChI=1S/C36H24N2/c1-2-12-25(13-3-1)26-14-10-15-27(24-26)37-33-21-9-6-18-30(33)36-34(37)22-11-23-35(36)38-31-19-7-4-16-28(31)29-17-5-8-20-32(29)38/h1-24H/i1D,2D,3D,4D,7D,12D,13D,16D,19D. The van der Waals surface area contributed by atoms with Crippen LogP contribution < -0.4 is 0 Å². The van der Waals surface area contributed by atoms with E-state index in [1.165, 1.54) is 0 Å². The van der Waals surface area contributed by atoms with E-state index in [9.17, 15) is 0 Å². The summed E-state index contributed by atoms with van der Waals surface area (Å²) in [6, 6.07) is 26.0. The van der Waals surface area contributed by atoms with Crippen LogP contribution in [0.1, 0.15) is 12.3 Å². The number of nitrogens with zero attached hydrogens (tertiary/aromatic N) is 2. The summed E-state index contributed by atoms with van der Waals surface area (Å²) >= 11 is 0. The Bertz CT molecular complexity index is 2610. The van der Waals surface area contributed by atoms with Crippen LogP contribution in [0.15, 0.2) is 145 Å². The molecule has 0 aliphatic rings. The van der Waals surface area contributed by atoms with E-state index in [0.717, 1.165) is 44.1 Å². The maximum atomic E-state index is 8.96. The summed E-state index contributed by atoms with van der Waals surface area (Å²) in [6.07, 6.45) is 0. The smallest absolute Gasteiger partial charge is 0.0645 e. The number of hydrogen-bond donors (Lipinski definition) is 0. The van der Waals surface area contributed by atoms with Gasteiger partial charge in [0.2, 0.25) is 0 Å². The molecule has 178 valence electrons. The Morgan fingerprint density at radius 1 is 0.447 bits per heavy atom. The minimum atomic E-state index is -0.440. The minimum Gasteiger partial charge on any atom is -0.309 e. The van der Waals surface area contributed by atoms with Crippen LogP contribution in [0.5, 0.6) is 0 Å². The fourth-order valence-electron chi connectivity index (χ4n) is 5.58. The molecule has 38 heavy (non-hydrogen) atoms. The van der Waals surface area contributed by atoms with Gasteiger partial charge in [-0.05, 0) is 53.6 Å². The lowest BCUT2D eigenvalue weighted by Crippen LogP contribution is -1.96. The highest BCUT2D eigenvalue weighted by Gasteiger charge is 2.19. The SMILES string of the molecule is [2H]c1c([2H])c([2H])c(-c2cccc(-n3c4ccccc4c4c(-n5c6ccccc6c6c([2H])c([2H])c([2H])c([2H])c65)cccc43)c2)c([2H])c1[2H]. The number of fused-ring (bicyclic) bond motifs is 6. The van der Waals surface area contributed by atoms with Gasteiger partial charge < -0.3 is 9.13 Å². The van der Waals surface area contributed by atoms with E-state index in [-0.39, 0.29) is 41.8 Å². The first kappa shape index (κ1) is 14.0. The lowest BCUT2D eigenvalue weighted by Gasteiger charge is -2.12. The van der Waals surface area contributed by atoms with Gasteiger partial charge in [-0.15, -0.1) is 0 Å². The topological polar surface area (TPSA) is 9.86 Å². The number of para-hydroxylation sites is 3. The largest absolute Gasteiger partial charge is 0.309 e. The van der Waals surface area contributed by atoms with Gasteiger partial charge in [-0.2, -0.15) is 0 Å². The van der Waals surface area contributed by atoms with Gasteiger partial charge in [0, 0.05) is 27.2 Å². The fourth-order valence-corrected chi connectivity index (χ4v) is 5.58. The van der Waals surface area contributed by atoms with Gasteiger partial charge in [0.15, 0.2) is 0 Å². The Kier molecular flexibility index (Phi) is 3.03. The molecule has 0 atom stereocenters. The second-order valence-electron chi connectivity index (χ2n) is 9.15. The molecule has 8 aromatic rings. The number of benzene rings is 6. The quantitative estimate of drug-likeness (QED) is 0.232. The second-order valence-corrected chi connectivity index (χ2v) is 9.15. The first-order chi connectivity index (χ1) is 22.6. The van der Waals surface area contributed by atoms with Gasteiger partial charge in [0.1, 0.15) is 0 Å². The van der Waals surface area contributed by atoms with Crippen LogP contribution in [0.2, 0.25) is 0 Å². The van der Waals surface area contributed by atoms with E-state index < -0.39 is 18.1 Å². The molecule has 0 unspecified atom stereocenters. The Balaban J connectivity index is 1.48. The molecule has 0 fully saturated rings. The van der Waals surface area contributed by atoms with Crippen molar-refractivity contribution < 1.29 is 12.3 Å². The van der Waals surface area contributed by atoms with Crippen molar-refractivity contribution in [2.45, 2.75) is 0 Å². The van der Waals surface area contributed by atoms with Gasteiger partial charge in [0.25, 0.3) is 0 Å². The molecule has 2 nitrogen and oxygen atoms in total. The molecule has 2 heteroatoms. The molecule has 0 radical (unpaired) electrons. The van der Waals surface area contributed by atoms with Crippen molar-refractivity contribution in [3.05, 3.63) is 145 Å². The maximum absolute atomic E-state index is 8.96. The van der Waals surface area contributed by atoms with E-state index >= 15 is 0 Å². The van der Waals surface area contributed by atoms with Crippen molar-refractivity contribution in [3.63, 3.8) is 0 Å². The van der Waals surface area contributed by atoms with Crippen molar-refractivity contribution in [2.75, 3.05) is 0 Å². The molecule has 0 saturated heterocycles. The monoisotopic (exact) mass is 493 g/mol. The van der Waals surface area contributed by atoms with E-state index in [0.29, 0.717) is 16.5 Å². The fraction of sp³-hybridized carbons (Fsp3) is 0. The molecule has 0 spiro atoms. The molecule has 0 saturated carbocycles. The highest BCUT2D eigenvalue weighted by Crippen LogP contribution is 2.40. The van der Waals surface area contributed by atoms with Gasteiger partial charge >= 0.3 is 0 Å². The number of aromatic nitrogens is 2. The van der Waals surface area contributed by atoms with Crippen molar-refractivity contribution in [1.82, 2.24) is 9.13 Å². The molecule has 0 aliphatic heterocycles. The summed E-state index contributed by atoms with van der Waals surface area (Å²) in [5, 5.41) is 2.96. The molecule has 2 aromatic heterocycles. The van der Waals surface area contributed by atoms with Crippen LogP contribution >= 0.6 is 0 Å². The first-order valence-electron chi connectivity index (χ1n) is 16.8. The Hall–Kier alpha value is -5.08. The summed E-state index contributed by atoms with van der Waals surface area (Å²) < 4.78 is 80.1. The maximum Gasteiger partial charge on any atom is 0.0645 e. The summed E-state index contributed by atoms with van der Waals surface area (Å²) in [6.45, 7) is 0. The zero-order chi connectivity index (χ0) is 32.9. The summed E-state index contributed by atoms with van der Waals surface area (Å²) in [5.74, 6) is 0. The zero-order valence-electron chi connectivity index (χ0n) is 29.1. The van der Waals surface area contributed by atoms with Crippen LogP contribution in [-0.4, -0.2) is 9.13 Å². The third-order valence-electron chi connectivity index (χ3n) is 7.12. The van der Waals surface area contributed by atoms with Crippen molar-refractivity contribution >= 4 is 43.6 Å². The molecule has 0 aliphatic carbocycles. The predicted molar refractivity (Wildman–Crippen MR) is 161 cm³/mol. The summed E-state index contributed by atoms with van der Waals surface area (Å²) in [5.41, 5.74) is 4.92. The second kappa shape index (κ2) is 8.22. The average Bonchev–Trinajstić information content (AvgIpc) is 3.62. The third kappa shape index (κ3) is 3.01. The molecule has 2 heterocycles. The van der Waals surface area contributed by atoms with Gasteiger partial charge in [-0.25, -0.2) is 0 Å². The van der Waals surface area contributed by atoms with Crippen LogP contribution in [0.25, 0.3) is 66.1 Å². The van der Waals surface area contributed by atoms with Gasteiger partial charge in [-0.3, -0.25) is 0 Å². The molecule has 0 amide bonds. The van der Waals surface area contributed by atoms with Crippen LogP contribution in [-0.2, 0) is 0 Å². The average molecular weight is 494 g/mol. The zero-order valence-corrected chi connectivity index (χ0v) is 20.1. The van der Waals surface area contributed by atoms with Crippen LogP contribution in [0.3, 0.4) is 0 Å². The Morgan fingerprint density at radius 2 is 1.13 bits per heavy atom. The minimum absolute atomic E-state index is 0.0879. The molecule has 0 N–H and O–H groups in total. The van der Waals surface area contributed by atoms with Crippen LogP contribution in [0.4, 0.5) is 0 Å². The van der Waals surface area contributed by atoms with Crippen molar-refractivity contribution in [2.24, 2.45) is 0 Å². The van der Waals surface area contributed by atoms with Gasteiger partial charge in [0.05, 0.1) is 40.1 Å². The number of rotatable bonds is 3. The Morgan fingerprint density at radius 3 is 2.00 bits per heavy atom. The van der Waals surface area contributed by atoms with E-state index in [2.05, 4.69) is 4.57 Å². The highest BCUT2D eigenvalue weighted by atomic mass is 15.0. The lowest BCUT2D eigenvalue weighted by atomic mass is 10.1. The highest BCUT2D eigenvalue weighted by molar-refractivity contribution is 6.16. The van der Waals surface area contributed by atoms with Crippen LogP contribution in [0, 0.1) is 0 Å². The molecular weight excluding hydrogens is 460 g/mol. The lowest BCUT2D eigenvalue weighted by molar-refractivity contribution is 1.17. The molecule has 0 bridgehead atoms. The van der Waals surface area contributed by atoms with Crippen molar-refractivity contribution in [1.29, 1.82) is 0 Å². The first-order valence-corrected chi connectivity index (χ1v) is 12.3. The Labute approximate surface area is 233 Å². The van der Waals surface area contributed by atoms with E-state index in [1.54, 1.807) is 12.1 Å². The van der Waals surface area contributed by atoms with Gasteiger partial charge in [-0.1, -0.05) is 103 Å². The van der Waals surface area contributed by atoms with E-state index in [1.807, 2.05) is 83.4 Å².